The van der Waals surface area contributed by atoms with Crippen LogP contribution in [0.5, 0.6) is 0 Å². The predicted octanol–water partition coefficient (Wildman–Crippen LogP) is 3.54. The van der Waals surface area contributed by atoms with E-state index in [0.29, 0.717) is 51.6 Å². The summed E-state index contributed by atoms with van der Waals surface area (Å²) in [6.07, 6.45) is 6.32. The molecule has 4 aliphatic heterocycles. The molecule has 3 saturated heterocycles. The minimum atomic E-state index is -0.704. The minimum Gasteiger partial charge on any atom is -0.338 e. The number of amides is 5. The van der Waals surface area contributed by atoms with Crippen LogP contribution in [-0.2, 0) is 11.2 Å². The van der Waals surface area contributed by atoms with E-state index in [0.717, 1.165) is 60.3 Å². The first-order chi connectivity index (χ1) is 23.3. The number of nitrogens with zero attached hydrogens (tertiary/aromatic N) is 6. The van der Waals surface area contributed by atoms with Gasteiger partial charge in [-0.25, -0.2) is 9.59 Å². The number of hydrogen-bond acceptors (Lipinski definition) is 6. The van der Waals surface area contributed by atoms with Crippen LogP contribution in [0.1, 0.15) is 49.7 Å². The number of benzene rings is 2. The molecule has 0 aliphatic carbocycles. The van der Waals surface area contributed by atoms with Crippen LogP contribution in [0.25, 0.3) is 10.9 Å². The minimum absolute atomic E-state index is 0.0261. The van der Waals surface area contributed by atoms with Crippen molar-refractivity contribution in [3.63, 3.8) is 0 Å². The SMILES string of the molecule is CC(c1ccc2[nH]ncc2c1)C(NC(=O)N1CCC(N2CCc3ccccc3NC2=O)CC1)C(=O)N1CCN(C2CCN(C)CC2)CC1. The summed E-state index contributed by atoms with van der Waals surface area (Å²) in [5.41, 5.74) is 3.94. The molecule has 0 radical (unpaired) electrons. The molecule has 5 amide bonds. The number of anilines is 1. The van der Waals surface area contributed by atoms with Gasteiger partial charge in [-0.05, 0) is 81.6 Å². The standard InChI is InChI=1S/C36H49N9O3/c1-25(27-7-8-32-28(23-27)24-37-40-32)33(34(46)43-21-19-42(20-22-43)29-10-14-41(2)15-11-29)39-35(47)44-16-12-30(13-17-44)45-18-9-26-5-3-4-6-31(26)38-36(45)48/h3-8,23-25,29-30,33H,9-22H2,1-2H3,(H,37,40)(H,38,48)(H,39,47). The number of rotatable bonds is 6. The summed E-state index contributed by atoms with van der Waals surface area (Å²) in [6.45, 7) is 9.02. The summed E-state index contributed by atoms with van der Waals surface area (Å²) in [5, 5.41) is 14.4. The molecule has 3 N–H and O–H groups in total. The smallest absolute Gasteiger partial charge is 0.322 e. The molecule has 5 heterocycles. The van der Waals surface area contributed by atoms with Crippen LogP contribution in [0, 0.1) is 0 Å². The van der Waals surface area contributed by atoms with Crippen LogP contribution >= 0.6 is 0 Å². The Hall–Kier alpha value is -4.16. The Morgan fingerprint density at radius 1 is 0.875 bits per heavy atom. The van der Waals surface area contributed by atoms with E-state index in [1.807, 2.05) is 52.0 Å². The van der Waals surface area contributed by atoms with E-state index in [2.05, 4.69) is 49.8 Å². The summed E-state index contributed by atoms with van der Waals surface area (Å²) in [6, 6.07) is 13.7. The van der Waals surface area contributed by atoms with Gasteiger partial charge in [0.25, 0.3) is 0 Å². The fourth-order valence-electron chi connectivity index (χ4n) is 8.04. The summed E-state index contributed by atoms with van der Waals surface area (Å²) in [7, 11) is 2.18. The zero-order chi connectivity index (χ0) is 33.2. The topological polar surface area (TPSA) is 120 Å². The first-order valence-electron chi connectivity index (χ1n) is 17.7. The number of likely N-dealkylation sites (tertiary alicyclic amines) is 2. The molecule has 2 atom stereocenters. The van der Waals surface area contributed by atoms with E-state index in [1.165, 1.54) is 12.8 Å². The molecular weight excluding hydrogens is 606 g/mol. The summed E-state index contributed by atoms with van der Waals surface area (Å²) in [5.74, 6) is -0.269. The van der Waals surface area contributed by atoms with Crippen molar-refractivity contribution in [2.24, 2.45) is 0 Å². The molecule has 256 valence electrons. The molecule has 48 heavy (non-hydrogen) atoms. The number of hydrogen-bond donors (Lipinski definition) is 3. The number of piperazine rings is 1. The Kier molecular flexibility index (Phi) is 9.54. The maximum Gasteiger partial charge on any atom is 0.322 e. The number of fused-ring (bicyclic) bond motifs is 2. The van der Waals surface area contributed by atoms with Crippen molar-refractivity contribution in [3.05, 3.63) is 59.8 Å². The Morgan fingerprint density at radius 2 is 1.60 bits per heavy atom. The number of urea groups is 2. The Morgan fingerprint density at radius 3 is 2.38 bits per heavy atom. The molecule has 7 rings (SSSR count). The highest BCUT2D eigenvalue weighted by Crippen LogP contribution is 2.27. The quantitative estimate of drug-likeness (QED) is 0.374. The fourth-order valence-corrected chi connectivity index (χ4v) is 8.04. The Bertz CT molecular complexity index is 1600. The van der Waals surface area contributed by atoms with Gasteiger partial charge in [-0.2, -0.15) is 5.10 Å². The highest BCUT2D eigenvalue weighted by Gasteiger charge is 2.37. The van der Waals surface area contributed by atoms with Crippen molar-refractivity contribution >= 4 is 34.6 Å². The lowest BCUT2D eigenvalue weighted by molar-refractivity contribution is -0.136. The second kappa shape index (κ2) is 14.1. The van der Waals surface area contributed by atoms with Gasteiger partial charge in [-0.3, -0.25) is 14.8 Å². The maximum absolute atomic E-state index is 14.3. The molecule has 2 aromatic carbocycles. The van der Waals surface area contributed by atoms with Crippen molar-refractivity contribution in [1.29, 1.82) is 0 Å². The van der Waals surface area contributed by atoms with Crippen molar-refractivity contribution in [2.75, 3.05) is 71.3 Å². The molecule has 12 nitrogen and oxygen atoms in total. The van der Waals surface area contributed by atoms with Crippen LogP contribution in [0.2, 0.25) is 0 Å². The monoisotopic (exact) mass is 655 g/mol. The molecule has 3 fully saturated rings. The number of H-pyrrole nitrogens is 1. The van der Waals surface area contributed by atoms with Gasteiger partial charge in [0.1, 0.15) is 6.04 Å². The summed E-state index contributed by atoms with van der Waals surface area (Å²) >= 11 is 0. The lowest BCUT2D eigenvalue weighted by atomic mass is 9.91. The lowest BCUT2D eigenvalue weighted by Crippen LogP contribution is -2.60. The normalized spacial score (nSPS) is 21.8. The fraction of sp³-hybridized carbons (Fsp3) is 0.556. The lowest BCUT2D eigenvalue weighted by Gasteiger charge is -2.43. The van der Waals surface area contributed by atoms with Crippen LogP contribution < -0.4 is 10.6 Å². The van der Waals surface area contributed by atoms with E-state index in [-0.39, 0.29) is 29.9 Å². The van der Waals surface area contributed by atoms with Gasteiger partial charge in [-0.1, -0.05) is 31.2 Å². The third kappa shape index (κ3) is 6.86. The zero-order valence-electron chi connectivity index (χ0n) is 28.2. The molecule has 3 aromatic rings. The second-order valence-electron chi connectivity index (χ2n) is 14.1. The second-order valence-corrected chi connectivity index (χ2v) is 14.1. The van der Waals surface area contributed by atoms with E-state index in [4.69, 9.17) is 0 Å². The summed E-state index contributed by atoms with van der Waals surface area (Å²) in [4.78, 5) is 51.9. The van der Waals surface area contributed by atoms with E-state index < -0.39 is 6.04 Å². The van der Waals surface area contributed by atoms with Crippen molar-refractivity contribution < 1.29 is 14.4 Å². The first kappa shape index (κ1) is 32.4. The zero-order valence-corrected chi connectivity index (χ0v) is 28.2. The number of piperidine rings is 2. The number of para-hydroxylation sites is 1. The molecule has 4 aliphatic rings. The van der Waals surface area contributed by atoms with Crippen molar-refractivity contribution in [2.45, 2.75) is 63.1 Å². The predicted molar refractivity (Wildman–Crippen MR) is 186 cm³/mol. The largest absolute Gasteiger partial charge is 0.338 e. The van der Waals surface area contributed by atoms with Gasteiger partial charge in [0.2, 0.25) is 5.91 Å². The Labute approximate surface area is 282 Å². The number of carbonyl (C=O) groups excluding carboxylic acids is 3. The highest BCUT2D eigenvalue weighted by atomic mass is 16.2. The molecule has 0 bridgehead atoms. The van der Waals surface area contributed by atoms with Crippen LogP contribution in [0.15, 0.2) is 48.7 Å². The third-order valence-corrected chi connectivity index (χ3v) is 11.2. The van der Waals surface area contributed by atoms with E-state index in [9.17, 15) is 14.4 Å². The number of aromatic amines is 1. The molecule has 0 spiro atoms. The van der Waals surface area contributed by atoms with Gasteiger partial charge < -0.3 is 30.2 Å². The number of nitrogens with one attached hydrogen (secondary N) is 3. The van der Waals surface area contributed by atoms with Gasteiger partial charge in [0, 0.05) is 74.9 Å². The van der Waals surface area contributed by atoms with Crippen LogP contribution in [0.3, 0.4) is 0 Å². The molecule has 2 unspecified atom stereocenters. The highest BCUT2D eigenvalue weighted by molar-refractivity contribution is 5.91. The van der Waals surface area contributed by atoms with Gasteiger partial charge in [-0.15, -0.1) is 0 Å². The molecule has 0 saturated carbocycles. The van der Waals surface area contributed by atoms with Crippen LogP contribution in [0.4, 0.5) is 15.3 Å². The van der Waals surface area contributed by atoms with E-state index >= 15 is 0 Å². The number of aromatic nitrogens is 2. The number of carbonyl (C=O) groups is 3. The van der Waals surface area contributed by atoms with Crippen molar-refractivity contribution in [1.82, 2.24) is 40.0 Å². The average Bonchev–Trinajstić information content (AvgIpc) is 3.52. The molecule has 12 heteroatoms. The molecular formula is C36H49N9O3. The van der Waals surface area contributed by atoms with Crippen molar-refractivity contribution in [3.8, 4) is 0 Å². The van der Waals surface area contributed by atoms with E-state index in [1.54, 1.807) is 6.20 Å². The summed E-state index contributed by atoms with van der Waals surface area (Å²) < 4.78 is 0. The average molecular weight is 656 g/mol. The van der Waals surface area contributed by atoms with Gasteiger partial charge >= 0.3 is 12.1 Å². The maximum atomic E-state index is 14.3. The van der Waals surface area contributed by atoms with Gasteiger partial charge in [0.05, 0.1) is 11.7 Å². The first-order valence-corrected chi connectivity index (χ1v) is 17.7. The third-order valence-electron chi connectivity index (χ3n) is 11.2. The Balaban J connectivity index is 1.01. The van der Waals surface area contributed by atoms with Crippen LogP contribution in [-0.4, -0.2) is 137 Å². The van der Waals surface area contributed by atoms with Gasteiger partial charge in [0.15, 0.2) is 0 Å². The molecule has 1 aromatic heterocycles.